The van der Waals surface area contributed by atoms with Crippen LogP contribution in [0.15, 0.2) is 42.9 Å². The second-order valence-electron chi connectivity index (χ2n) is 4.65. The Bertz CT molecular complexity index is 497. The van der Waals surface area contributed by atoms with Gasteiger partial charge in [0, 0.05) is 32.2 Å². The molecule has 0 saturated heterocycles. The molecule has 0 aliphatic carbocycles. The third-order valence-electron chi connectivity index (χ3n) is 3.13. The smallest absolute Gasteiger partial charge is 0.128 e. The van der Waals surface area contributed by atoms with E-state index in [-0.39, 0.29) is 0 Å². The summed E-state index contributed by atoms with van der Waals surface area (Å²) >= 11 is 0. The standard InChI is InChI=1S/C15H19N3O/c1-12(19)14-3-4-15(17-11-14)18(2)10-7-13-5-8-16-9-6-13/h3-6,8-9,11-12,19H,7,10H2,1-2H3/t12-/m1/s1. The maximum atomic E-state index is 9.45. The van der Waals surface area contributed by atoms with E-state index >= 15 is 0 Å². The second-order valence-corrected chi connectivity index (χ2v) is 4.65. The molecule has 2 rings (SSSR count). The lowest BCUT2D eigenvalue weighted by molar-refractivity contribution is 0.199. The predicted octanol–water partition coefficient (Wildman–Crippen LogP) is 2.21. The molecule has 0 fully saturated rings. The van der Waals surface area contributed by atoms with E-state index in [0.717, 1.165) is 24.3 Å². The third kappa shape index (κ3) is 3.76. The summed E-state index contributed by atoms with van der Waals surface area (Å²) in [5, 5.41) is 9.45. The van der Waals surface area contributed by atoms with E-state index in [9.17, 15) is 5.11 Å². The van der Waals surface area contributed by atoms with Gasteiger partial charge in [-0.05, 0) is 42.7 Å². The van der Waals surface area contributed by atoms with Crippen molar-refractivity contribution in [3.8, 4) is 0 Å². The Morgan fingerprint density at radius 1 is 1.21 bits per heavy atom. The normalized spacial score (nSPS) is 12.2. The molecule has 100 valence electrons. The van der Waals surface area contributed by atoms with Gasteiger partial charge < -0.3 is 10.0 Å². The van der Waals surface area contributed by atoms with Crippen LogP contribution in [0.25, 0.3) is 0 Å². The summed E-state index contributed by atoms with van der Waals surface area (Å²) < 4.78 is 0. The highest BCUT2D eigenvalue weighted by Crippen LogP contribution is 2.15. The lowest BCUT2D eigenvalue weighted by atomic mass is 10.2. The monoisotopic (exact) mass is 257 g/mol. The van der Waals surface area contributed by atoms with Crippen LogP contribution in [-0.4, -0.2) is 28.7 Å². The molecule has 2 aromatic heterocycles. The van der Waals surface area contributed by atoms with Crippen molar-refractivity contribution in [2.75, 3.05) is 18.5 Å². The number of rotatable bonds is 5. The van der Waals surface area contributed by atoms with E-state index in [1.54, 1.807) is 13.1 Å². The molecule has 0 spiro atoms. The number of likely N-dealkylation sites (N-methyl/N-ethyl adjacent to an activating group) is 1. The number of pyridine rings is 2. The van der Waals surface area contributed by atoms with E-state index in [4.69, 9.17) is 0 Å². The van der Waals surface area contributed by atoms with Crippen LogP contribution in [0.1, 0.15) is 24.2 Å². The maximum absolute atomic E-state index is 9.45. The molecule has 1 atom stereocenters. The van der Waals surface area contributed by atoms with E-state index in [0.29, 0.717) is 0 Å². The van der Waals surface area contributed by atoms with Gasteiger partial charge in [-0.2, -0.15) is 0 Å². The molecule has 0 saturated carbocycles. The van der Waals surface area contributed by atoms with Gasteiger partial charge in [0.05, 0.1) is 6.10 Å². The molecule has 4 nitrogen and oxygen atoms in total. The lowest BCUT2D eigenvalue weighted by Crippen LogP contribution is -2.21. The lowest BCUT2D eigenvalue weighted by Gasteiger charge is -2.18. The number of hydrogen-bond donors (Lipinski definition) is 1. The SMILES string of the molecule is C[C@@H](O)c1ccc(N(C)CCc2ccncc2)nc1. The Hall–Kier alpha value is -1.94. The maximum Gasteiger partial charge on any atom is 0.128 e. The fourth-order valence-electron chi connectivity index (χ4n) is 1.83. The average Bonchev–Trinajstić information content (AvgIpc) is 2.46. The average molecular weight is 257 g/mol. The van der Waals surface area contributed by atoms with Gasteiger partial charge in [0.1, 0.15) is 5.82 Å². The minimum atomic E-state index is -0.469. The van der Waals surface area contributed by atoms with Gasteiger partial charge in [-0.3, -0.25) is 4.98 Å². The van der Waals surface area contributed by atoms with Gasteiger partial charge in [-0.1, -0.05) is 6.07 Å². The minimum Gasteiger partial charge on any atom is -0.389 e. The van der Waals surface area contributed by atoms with Crippen molar-refractivity contribution in [1.82, 2.24) is 9.97 Å². The fourth-order valence-corrected chi connectivity index (χ4v) is 1.83. The van der Waals surface area contributed by atoms with Gasteiger partial charge in [0.2, 0.25) is 0 Å². The first-order chi connectivity index (χ1) is 9.16. The highest BCUT2D eigenvalue weighted by Gasteiger charge is 2.05. The van der Waals surface area contributed by atoms with Crippen LogP contribution in [0.5, 0.6) is 0 Å². The first-order valence-electron chi connectivity index (χ1n) is 6.41. The molecule has 4 heteroatoms. The summed E-state index contributed by atoms with van der Waals surface area (Å²) in [6, 6.07) is 7.90. The Morgan fingerprint density at radius 2 is 1.95 bits per heavy atom. The summed E-state index contributed by atoms with van der Waals surface area (Å²) in [6.07, 6.45) is 5.83. The molecule has 0 bridgehead atoms. The van der Waals surface area contributed by atoms with E-state index in [1.165, 1.54) is 5.56 Å². The fraction of sp³-hybridized carbons (Fsp3) is 0.333. The number of hydrogen-bond acceptors (Lipinski definition) is 4. The minimum absolute atomic E-state index is 0.469. The molecule has 0 amide bonds. The Morgan fingerprint density at radius 3 is 2.53 bits per heavy atom. The van der Waals surface area contributed by atoms with Crippen LogP contribution >= 0.6 is 0 Å². The number of aliphatic hydroxyl groups excluding tert-OH is 1. The topological polar surface area (TPSA) is 49.2 Å². The number of aliphatic hydroxyl groups is 1. The summed E-state index contributed by atoms with van der Waals surface area (Å²) in [5.74, 6) is 0.915. The summed E-state index contributed by atoms with van der Waals surface area (Å²) in [5.41, 5.74) is 2.11. The highest BCUT2D eigenvalue weighted by molar-refractivity contribution is 5.38. The van der Waals surface area contributed by atoms with Crippen LogP contribution < -0.4 is 4.90 Å². The Kier molecular flexibility index (Phi) is 4.47. The van der Waals surface area contributed by atoms with Crippen molar-refractivity contribution >= 4 is 5.82 Å². The molecule has 0 aliphatic heterocycles. The predicted molar refractivity (Wildman–Crippen MR) is 76.1 cm³/mol. The van der Waals surface area contributed by atoms with E-state index in [1.807, 2.05) is 43.7 Å². The van der Waals surface area contributed by atoms with Gasteiger partial charge in [-0.25, -0.2) is 4.98 Å². The highest BCUT2D eigenvalue weighted by atomic mass is 16.3. The van der Waals surface area contributed by atoms with Crippen molar-refractivity contribution in [2.45, 2.75) is 19.4 Å². The third-order valence-corrected chi connectivity index (χ3v) is 3.13. The first kappa shape index (κ1) is 13.5. The molecule has 0 unspecified atom stereocenters. The molecule has 0 aromatic carbocycles. The number of anilines is 1. The summed E-state index contributed by atoms with van der Waals surface area (Å²) in [6.45, 7) is 2.63. The largest absolute Gasteiger partial charge is 0.389 e. The number of aromatic nitrogens is 2. The summed E-state index contributed by atoms with van der Waals surface area (Å²) in [4.78, 5) is 10.5. The van der Waals surface area contributed by atoms with Crippen molar-refractivity contribution in [3.05, 3.63) is 54.0 Å². The Labute approximate surface area is 113 Å². The van der Waals surface area contributed by atoms with Crippen molar-refractivity contribution in [3.63, 3.8) is 0 Å². The van der Waals surface area contributed by atoms with Crippen molar-refractivity contribution in [1.29, 1.82) is 0 Å². The summed E-state index contributed by atoms with van der Waals surface area (Å²) in [7, 11) is 2.02. The Balaban J connectivity index is 1.94. The zero-order chi connectivity index (χ0) is 13.7. The molecule has 19 heavy (non-hydrogen) atoms. The van der Waals surface area contributed by atoms with Crippen LogP contribution in [0, 0.1) is 0 Å². The van der Waals surface area contributed by atoms with Crippen molar-refractivity contribution < 1.29 is 5.11 Å². The van der Waals surface area contributed by atoms with E-state index < -0.39 is 6.10 Å². The van der Waals surface area contributed by atoms with Gasteiger partial charge >= 0.3 is 0 Å². The molecule has 0 radical (unpaired) electrons. The van der Waals surface area contributed by atoms with E-state index in [2.05, 4.69) is 14.9 Å². The molecule has 1 N–H and O–H groups in total. The molecule has 0 aliphatic rings. The van der Waals surface area contributed by atoms with Gasteiger partial charge in [-0.15, -0.1) is 0 Å². The first-order valence-corrected chi connectivity index (χ1v) is 6.41. The van der Waals surface area contributed by atoms with Crippen LogP contribution in [0.4, 0.5) is 5.82 Å². The van der Waals surface area contributed by atoms with Crippen LogP contribution in [-0.2, 0) is 6.42 Å². The molecular formula is C15H19N3O. The van der Waals surface area contributed by atoms with Gasteiger partial charge in [0.15, 0.2) is 0 Å². The molecule has 2 heterocycles. The quantitative estimate of drug-likeness (QED) is 0.892. The van der Waals surface area contributed by atoms with Crippen LogP contribution in [0.3, 0.4) is 0 Å². The molecule has 2 aromatic rings. The van der Waals surface area contributed by atoms with Crippen LogP contribution in [0.2, 0.25) is 0 Å². The number of nitrogens with zero attached hydrogens (tertiary/aromatic N) is 3. The molecular weight excluding hydrogens is 238 g/mol. The van der Waals surface area contributed by atoms with Gasteiger partial charge in [0.25, 0.3) is 0 Å². The van der Waals surface area contributed by atoms with Crippen molar-refractivity contribution in [2.24, 2.45) is 0 Å². The second kappa shape index (κ2) is 6.29. The zero-order valence-corrected chi connectivity index (χ0v) is 11.3. The zero-order valence-electron chi connectivity index (χ0n) is 11.3.